The maximum Gasteiger partial charge on any atom is 0.225 e. The summed E-state index contributed by atoms with van der Waals surface area (Å²) in [4.78, 5) is 20.8. The molecule has 0 saturated carbocycles. The Bertz CT molecular complexity index is 345. The van der Waals surface area contributed by atoms with Crippen LogP contribution in [0.25, 0.3) is 0 Å². The number of carbonyl (C=O) groups is 1. The number of rotatable bonds is 3. The predicted molar refractivity (Wildman–Crippen MR) is 59.4 cm³/mol. The van der Waals surface area contributed by atoms with Gasteiger partial charge in [0.1, 0.15) is 0 Å². The highest BCUT2D eigenvalue weighted by atomic mass is 16.3. The molecule has 0 amide bonds. The Morgan fingerprint density at radius 1 is 1.38 bits per heavy atom. The minimum absolute atomic E-state index is 0.263. The van der Waals surface area contributed by atoms with E-state index in [1.807, 2.05) is 0 Å². The van der Waals surface area contributed by atoms with Gasteiger partial charge in [-0.05, 0) is 18.8 Å². The molecule has 1 aromatic rings. The lowest BCUT2D eigenvalue weighted by atomic mass is 9.98. The van der Waals surface area contributed by atoms with Crippen LogP contribution in [0.3, 0.4) is 0 Å². The Morgan fingerprint density at radius 3 is 2.50 bits per heavy atom. The molecule has 5 heteroatoms. The number of nitrogens with zero attached hydrogens (tertiary/aromatic N) is 3. The third-order valence-electron chi connectivity index (χ3n) is 2.95. The van der Waals surface area contributed by atoms with Crippen molar-refractivity contribution in [2.75, 3.05) is 24.6 Å². The van der Waals surface area contributed by atoms with Crippen LogP contribution in [0.4, 0.5) is 5.95 Å². The van der Waals surface area contributed by atoms with Gasteiger partial charge >= 0.3 is 0 Å². The highest BCUT2D eigenvalue weighted by Gasteiger charge is 2.19. The van der Waals surface area contributed by atoms with Crippen molar-refractivity contribution in [3.63, 3.8) is 0 Å². The van der Waals surface area contributed by atoms with Crippen molar-refractivity contribution in [1.82, 2.24) is 9.97 Å². The number of hydrogen-bond donors (Lipinski definition) is 1. The monoisotopic (exact) mass is 221 g/mol. The molecule has 0 aromatic carbocycles. The third-order valence-corrected chi connectivity index (χ3v) is 2.95. The first kappa shape index (κ1) is 11.0. The Morgan fingerprint density at radius 2 is 2.00 bits per heavy atom. The number of piperidine rings is 1. The molecule has 0 bridgehead atoms. The Hall–Kier alpha value is -1.49. The number of hydrogen-bond acceptors (Lipinski definition) is 5. The van der Waals surface area contributed by atoms with Gasteiger partial charge in [0.2, 0.25) is 5.95 Å². The SMILES string of the molecule is O=Cc1cnc(N2CCC(CO)CC2)nc1. The van der Waals surface area contributed by atoms with Crippen molar-refractivity contribution in [3.05, 3.63) is 18.0 Å². The minimum Gasteiger partial charge on any atom is -0.396 e. The van der Waals surface area contributed by atoms with E-state index in [2.05, 4.69) is 14.9 Å². The first-order valence-electron chi connectivity index (χ1n) is 5.46. The molecule has 16 heavy (non-hydrogen) atoms. The van der Waals surface area contributed by atoms with Gasteiger partial charge in [0.25, 0.3) is 0 Å². The lowest BCUT2D eigenvalue weighted by Crippen LogP contribution is -2.35. The Labute approximate surface area is 94.1 Å². The van der Waals surface area contributed by atoms with Gasteiger partial charge in [-0.15, -0.1) is 0 Å². The van der Waals surface area contributed by atoms with Crippen molar-refractivity contribution < 1.29 is 9.90 Å². The van der Waals surface area contributed by atoms with E-state index in [0.29, 0.717) is 17.4 Å². The summed E-state index contributed by atoms with van der Waals surface area (Å²) in [5, 5.41) is 9.03. The van der Waals surface area contributed by atoms with Crippen molar-refractivity contribution >= 4 is 12.2 Å². The highest BCUT2D eigenvalue weighted by molar-refractivity contribution is 5.73. The number of anilines is 1. The van der Waals surface area contributed by atoms with Crippen LogP contribution in [0.2, 0.25) is 0 Å². The fraction of sp³-hybridized carbons (Fsp3) is 0.545. The molecule has 1 fully saturated rings. The van der Waals surface area contributed by atoms with E-state index in [4.69, 9.17) is 5.11 Å². The van der Waals surface area contributed by atoms with Gasteiger partial charge in [0.15, 0.2) is 6.29 Å². The molecular weight excluding hydrogens is 206 g/mol. The summed E-state index contributed by atoms with van der Waals surface area (Å²) in [5.74, 6) is 1.08. The molecule has 86 valence electrons. The van der Waals surface area contributed by atoms with Crippen molar-refractivity contribution in [1.29, 1.82) is 0 Å². The molecule has 0 aliphatic carbocycles. The quantitative estimate of drug-likeness (QED) is 0.753. The number of aliphatic hydroxyl groups is 1. The van der Waals surface area contributed by atoms with Crippen LogP contribution in [0.1, 0.15) is 23.2 Å². The Balaban J connectivity index is 1.99. The van der Waals surface area contributed by atoms with E-state index in [0.717, 1.165) is 32.2 Å². The average Bonchev–Trinajstić information content (AvgIpc) is 2.39. The molecule has 0 unspecified atom stereocenters. The maximum atomic E-state index is 10.5. The van der Waals surface area contributed by atoms with E-state index in [1.54, 1.807) is 0 Å². The zero-order chi connectivity index (χ0) is 11.4. The summed E-state index contributed by atoms with van der Waals surface area (Å²) >= 11 is 0. The van der Waals surface area contributed by atoms with Crippen molar-refractivity contribution in [2.24, 2.45) is 5.92 Å². The van der Waals surface area contributed by atoms with Gasteiger partial charge in [-0.1, -0.05) is 0 Å². The van der Waals surface area contributed by atoms with E-state index in [1.165, 1.54) is 12.4 Å². The van der Waals surface area contributed by atoms with Crippen molar-refractivity contribution in [3.8, 4) is 0 Å². The molecule has 0 atom stereocenters. The predicted octanol–water partition coefficient (Wildman–Crippen LogP) is 0.498. The number of aliphatic hydroxyl groups excluding tert-OH is 1. The smallest absolute Gasteiger partial charge is 0.225 e. The van der Waals surface area contributed by atoms with Crippen LogP contribution in [0.5, 0.6) is 0 Å². The summed E-state index contributed by atoms with van der Waals surface area (Å²) in [7, 11) is 0. The van der Waals surface area contributed by atoms with Gasteiger partial charge in [0, 0.05) is 32.1 Å². The molecule has 1 N–H and O–H groups in total. The fourth-order valence-corrected chi connectivity index (χ4v) is 1.87. The maximum absolute atomic E-state index is 10.5. The van der Waals surface area contributed by atoms with Gasteiger partial charge < -0.3 is 10.0 Å². The van der Waals surface area contributed by atoms with Crippen LogP contribution < -0.4 is 4.90 Å². The lowest BCUT2D eigenvalue weighted by molar-refractivity contribution is 0.112. The van der Waals surface area contributed by atoms with Crippen LogP contribution in [0.15, 0.2) is 12.4 Å². The van der Waals surface area contributed by atoms with Crippen molar-refractivity contribution in [2.45, 2.75) is 12.8 Å². The number of aldehydes is 1. The molecule has 1 aliphatic heterocycles. The van der Waals surface area contributed by atoms with Gasteiger partial charge in [0.05, 0.1) is 5.56 Å². The van der Waals surface area contributed by atoms with Crippen LogP contribution in [0, 0.1) is 5.92 Å². The summed E-state index contributed by atoms with van der Waals surface area (Å²) in [5.41, 5.74) is 0.494. The fourth-order valence-electron chi connectivity index (χ4n) is 1.87. The van der Waals surface area contributed by atoms with Gasteiger partial charge in [-0.25, -0.2) is 9.97 Å². The summed E-state index contributed by atoms with van der Waals surface area (Å²) in [6, 6.07) is 0. The standard InChI is InChI=1S/C11H15N3O2/c15-7-9-1-3-14(4-2-9)11-12-5-10(8-16)6-13-11/h5-6,8-9,15H,1-4,7H2. The van der Waals surface area contributed by atoms with Crippen LogP contribution in [-0.4, -0.2) is 41.1 Å². The first-order chi connectivity index (χ1) is 7.83. The lowest BCUT2D eigenvalue weighted by Gasteiger charge is -2.30. The van der Waals surface area contributed by atoms with E-state index < -0.39 is 0 Å². The summed E-state index contributed by atoms with van der Waals surface area (Å²) in [6.45, 7) is 2.00. The Kier molecular flexibility index (Phi) is 3.46. The molecule has 1 aliphatic rings. The highest BCUT2D eigenvalue weighted by Crippen LogP contribution is 2.19. The number of aromatic nitrogens is 2. The topological polar surface area (TPSA) is 66.3 Å². The zero-order valence-corrected chi connectivity index (χ0v) is 9.04. The van der Waals surface area contributed by atoms with E-state index in [9.17, 15) is 4.79 Å². The molecular formula is C11H15N3O2. The van der Waals surface area contributed by atoms with Gasteiger partial charge in [-0.2, -0.15) is 0 Å². The summed E-state index contributed by atoms with van der Waals surface area (Å²) in [6.07, 6.45) is 5.74. The van der Waals surface area contributed by atoms with Gasteiger partial charge in [-0.3, -0.25) is 4.79 Å². The second-order valence-corrected chi connectivity index (χ2v) is 4.05. The van der Waals surface area contributed by atoms with E-state index in [-0.39, 0.29) is 6.61 Å². The molecule has 1 saturated heterocycles. The van der Waals surface area contributed by atoms with Crippen LogP contribution in [-0.2, 0) is 0 Å². The molecule has 5 nitrogen and oxygen atoms in total. The second-order valence-electron chi connectivity index (χ2n) is 4.05. The minimum atomic E-state index is 0.263. The number of carbonyl (C=O) groups excluding carboxylic acids is 1. The molecule has 1 aromatic heterocycles. The average molecular weight is 221 g/mol. The third kappa shape index (κ3) is 2.36. The second kappa shape index (κ2) is 5.03. The molecule has 0 spiro atoms. The zero-order valence-electron chi connectivity index (χ0n) is 9.04. The normalized spacial score (nSPS) is 17.4. The largest absolute Gasteiger partial charge is 0.396 e. The molecule has 2 rings (SSSR count). The van der Waals surface area contributed by atoms with E-state index >= 15 is 0 Å². The van der Waals surface area contributed by atoms with Crippen LogP contribution >= 0.6 is 0 Å². The summed E-state index contributed by atoms with van der Waals surface area (Å²) < 4.78 is 0. The molecule has 0 radical (unpaired) electrons. The molecule has 2 heterocycles. The first-order valence-corrected chi connectivity index (χ1v) is 5.46.